The molecule has 1 amide bonds. The summed E-state index contributed by atoms with van der Waals surface area (Å²) in [6.45, 7) is 17.3. The largest absolute Gasteiger partial charge is 0.459 e. The molecular formula is C62H96N3O13P. The number of cyclic esters (lactones) is 1. The molecule has 4 heterocycles. The third-order valence-corrected chi connectivity index (χ3v) is 17.8. The molecule has 1 unspecified atom stereocenters. The van der Waals surface area contributed by atoms with Crippen LogP contribution in [0.3, 0.4) is 0 Å². The van der Waals surface area contributed by atoms with Crippen molar-refractivity contribution in [2.24, 2.45) is 17.8 Å². The van der Waals surface area contributed by atoms with Crippen molar-refractivity contribution in [3.8, 4) is 22.3 Å². The molecule has 3 aliphatic heterocycles. The van der Waals surface area contributed by atoms with Gasteiger partial charge in [-0.15, -0.1) is 0 Å². The average molecular weight is 1120 g/mol. The summed E-state index contributed by atoms with van der Waals surface area (Å²) < 4.78 is 38.2. The second kappa shape index (κ2) is 28.2. The fourth-order valence-corrected chi connectivity index (χ4v) is 13.0. The van der Waals surface area contributed by atoms with Crippen LogP contribution in [0, 0.1) is 17.8 Å². The minimum atomic E-state index is -2.01. The van der Waals surface area contributed by atoms with Crippen molar-refractivity contribution in [1.82, 2.24) is 14.8 Å². The Morgan fingerprint density at radius 2 is 1.51 bits per heavy atom. The van der Waals surface area contributed by atoms with Gasteiger partial charge in [0.1, 0.15) is 30.0 Å². The van der Waals surface area contributed by atoms with Crippen LogP contribution in [0.1, 0.15) is 139 Å². The first-order valence-corrected chi connectivity index (χ1v) is 29.5. The molecule has 1 aromatic heterocycles. The number of ether oxygens (including phenoxy) is 6. The number of aryl methyl sites for hydroxylation is 1. The van der Waals surface area contributed by atoms with Crippen LogP contribution in [0.2, 0.25) is 0 Å². The van der Waals surface area contributed by atoms with Gasteiger partial charge in [0.05, 0.1) is 53.0 Å². The first-order valence-electron chi connectivity index (χ1n) is 29.0. The van der Waals surface area contributed by atoms with Crippen molar-refractivity contribution >= 4 is 26.6 Å². The predicted molar refractivity (Wildman–Crippen MR) is 309 cm³/mol. The first kappa shape index (κ1) is 64.7. The van der Waals surface area contributed by atoms with Gasteiger partial charge in [0.15, 0.2) is 12.6 Å². The molecule has 16 nitrogen and oxygen atoms in total. The molecule has 0 saturated carbocycles. The lowest BCUT2D eigenvalue weighted by atomic mass is 9.77. The number of benzene rings is 2. The number of aromatic nitrogens is 1. The van der Waals surface area contributed by atoms with Gasteiger partial charge < -0.3 is 63.8 Å². The van der Waals surface area contributed by atoms with Gasteiger partial charge in [0.2, 0.25) is 5.91 Å². The van der Waals surface area contributed by atoms with Crippen LogP contribution in [0.15, 0.2) is 66.9 Å². The average Bonchev–Trinajstić information content (AvgIpc) is 3.45. The minimum Gasteiger partial charge on any atom is -0.459 e. The SMILES string of the molecule is CC[C@H]1OC(=O)[C@H](C)[C@@H](O[C@H]2C[C@@](C)(OC)[C@@H](O)[C@H](C)O2)[C@H](C)[C@@H](O[C@@H]2O[C@H](C)C[C@H](N(C)C)[C@H]2O)[C@](C)(O)C[C@@H](C)CN(C(=O)CCCCCCCc2ccc(-c3c(-c4ccccc4)ccnc3P)cc2)[C@H](C)[C@@H](O)[C@]1(C)O. The molecule has 3 aliphatic rings. The third kappa shape index (κ3) is 15.8. The second-order valence-electron chi connectivity index (χ2n) is 24.2. The van der Waals surface area contributed by atoms with E-state index in [9.17, 15) is 35.1 Å². The standard InChI is InChI=1S/C62H96N3O13P/c1-14-48-62(10,72)54(68)41(6)65(49(66)26-22-17-15-16-19-23-43-27-29-45(30-28-43)51-46(31-32-63-57(51)79)44-24-20-18-21-25-44)36-37(2)34-60(8,71)56(78-59-52(67)47(64(11)12)33-38(3)74-59)39(4)53(40(5)58(70)76-48)77-50-35-61(9,73-13)55(69)42(7)75-50/h18,20-21,24-25,27-32,37-42,47-48,50,52-56,59,67-69,71-72H,14-17,19,22-23,26,33-36,79H2,1-13H3/t37-,38-,39+,40-,41-,42+,47+,48-,50+,52-,53+,54-,55+,56-,59+,60-,61-,62-/m1/s1. The smallest absolute Gasteiger partial charge is 0.311 e. The Morgan fingerprint density at radius 3 is 2.15 bits per heavy atom. The van der Waals surface area contributed by atoms with Crippen LogP contribution in [-0.2, 0) is 44.4 Å². The lowest BCUT2D eigenvalue weighted by Gasteiger charge is -2.48. The van der Waals surface area contributed by atoms with Gasteiger partial charge in [-0.3, -0.25) is 14.6 Å². The molecule has 0 radical (unpaired) electrons. The van der Waals surface area contributed by atoms with Gasteiger partial charge in [-0.2, -0.15) is 0 Å². The molecule has 2 aromatic carbocycles. The van der Waals surface area contributed by atoms with Gasteiger partial charge >= 0.3 is 5.97 Å². The number of pyridine rings is 1. The summed E-state index contributed by atoms with van der Waals surface area (Å²) in [7, 11) is 8.03. The molecule has 0 aliphatic carbocycles. The molecule has 79 heavy (non-hydrogen) atoms. The van der Waals surface area contributed by atoms with Crippen LogP contribution >= 0.6 is 9.24 Å². The van der Waals surface area contributed by atoms with Gasteiger partial charge in [0.25, 0.3) is 0 Å². The number of carbonyl (C=O) groups excluding carboxylic acids is 2. The van der Waals surface area contributed by atoms with Crippen molar-refractivity contribution in [2.75, 3.05) is 27.7 Å². The highest BCUT2D eigenvalue weighted by Crippen LogP contribution is 2.41. The molecule has 6 rings (SSSR count). The van der Waals surface area contributed by atoms with Crippen LogP contribution in [0.25, 0.3) is 22.3 Å². The number of esters is 1. The zero-order valence-electron chi connectivity index (χ0n) is 49.4. The topological polar surface area (TPSA) is 210 Å². The Bertz CT molecular complexity index is 2400. The van der Waals surface area contributed by atoms with Crippen LogP contribution in [-0.4, -0.2) is 170 Å². The Morgan fingerprint density at radius 1 is 0.848 bits per heavy atom. The van der Waals surface area contributed by atoms with Crippen molar-refractivity contribution in [3.63, 3.8) is 0 Å². The molecule has 442 valence electrons. The maximum Gasteiger partial charge on any atom is 0.311 e. The summed E-state index contributed by atoms with van der Waals surface area (Å²) in [6.07, 6.45) is -2.23. The number of nitrogens with zero attached hydrogens (tertiary/aromatic N) is 3. The normalized spacial score (nSPS) is 36.3. The number of aliphatic hydroxyl groups is 5. The monoisotopic (exact) mass is 1120 g/mol. The summed E-state index contributed by atoms with van der Waals surface area (Å²) in [5.74, 6) is -3.31. The third-order valence-electron chi connectivity index (χ3n) is 17.4. The summed E-state index contributed by atoms with van der Waals surface area (Å²) in [4.78, 5) is 37.3. The highest BCUT2D eigenvalue weighted by Gasteiger charge is 2.53. The van der Waals surface area contributed by atoms with Crippen molar-refractivity contribution in [3.05, 3.63) is 72.4 Å². The maximum absolute atomic E-state index is 14.7. The van der Waals surface area contributed by atoms with Crippen molar-refractivity contribution in [1.29, 1.82) is 0 Å². The number of aliphatic hydroxyl groups excluding tert-OH is 3. The quantitative estimate of drug-likeness (QED) is 0.0501. The molecule has 19 atom stereocenters. The summed E-state index contributed by atoms with van der Waals surface area (Å²) >= 11 is 0. The molecule has 3 saturated heterocycles. The second-order valence-corrected chi connectivity index (χ2v) is 24.8. The predicted octanol–water partition coefficient (Wildman–Crippen LogP) is 7.61. The van der Waals surface area contributed by atoms with Crippen LogP contribution in [0.5, 0.6) is 0 Å². The fourth-order valence-electron chi connectivity index (χ4n) is 12.6. The van der Waals surface area contributed by atoms with Gasteiger partial charge in [-0.25, -0.2) is 0 Å². The zero-order valence-corrected chi connectivity index (χ0v) is 50.6. The minimum absolute atomic E-state index is 0.0636. The Hall–Kier alpha value is -3.48. The number of carbonyl (C=O) groups is 2. The van der Waals surface area contributed by atoms with E-state index in [1.165, 1.54) is 19.6 Å². The van der Waals surface area contributed by atoms with E-state index in [0.717, 1.165) is 59.8 Å². The van der Waals surface area contributed by atoms with E-state index in [1.54, 1.807) is 53.4 Å². The molecule has 3 aromatic rings. The number of hydrogen-bond acceptors (Lipinski definition) is 15. The van der Waals surface area contributed by atoms with E-state index in [1.807, 2.05) is 57.2 Å². The first-order chi connectivity index (χ1) is 37.2. The van der Waals surface area contributed by atoms with Crippen molar-refractivity contribution < 1.29 is 63.5 Å². The summed E-state index contributed by atoms with van der Waals surface area (Å²) in [5.41, 5.74) is 1.84. The molecule has 3 fully saturated rings. The highest BCUT2D eigenvalue weighted by molar-refractivity contribution is 7.27. The molecular weight excluding hydrogens is 1030 g/mol. The summed E-state index contributed by atoms with van der Waals surface area (Å²) in [6, 6.07) is 19.9. The van der Waals surface area contributed by atoms with Crippen molar-refractivity contribution in [2.45, 2.75) is 230 Å². The van der Waals surface area contributed by atoms with Gasteiger partial charge in [-0.05, 0) is 135 Å². The number of unbranched alkanes of at least 4 members (excludes halogenated alkanes) is 4. The van der Waals surface area contributed by atoms with Crippen LogP contribution < -0.4 is 5.44 Å². The number of rotatable bonds is 17. The van der Waals surface area contributed by atoms with Gasteiger partial charge in [0, 0.05) is 50.2 Å². The fraction of sp³-hybridized carbons (Fsp3) is 0.694. The molecule has 0 bridgehead atoms. The van der Waals surface area contributed by atoms with E-state index in [4.69, 9.17) is 28.4 Å². The maximum atomic E-state index is 14.7. The van der Waals surface area contributed by atoms with E-state index < -0.39 is 102 Å². The zero-order chi connectivity index (χ0) is 58.1. The molecule has 5 N–H and O–H groups in total. The molecule has 17 heteroatoms. The lowest BCUT2D eigenvalue weighted by molar-refractivity contribution is -0.318. The van der Waals surface area contributed by atoms with E-state index in [0.29, 0.717) is 12.8 Å². The Balaban J connectivity index is 1.20. The molecule has 0 spiro atoms. The highest BCUT2D eigenvalue weighted by atomic mass is 31.0. The number of likely N-dealkylation sites (N-methyl/N-ethyl adjacent to an activating group) is 1. The van der Waals surface area contributed by atoms with E-state index >= 15 is 0 Å². The van der Waals surface area contributed by atoms with Crippen LogP contribution in [0.4, 0.5) is 0 Å². The van der Waals surface area contributed by atoms with E-state index in [2.05, 4.69) is 56.7 Å². The number of methoxy groups -OCH3 is 1. The Kier molecular flexibility index (Phi) is 23.1. The summed E-state index contributed by atoms with van der Waals surface area (Å²) in [5, 5.41) is 60.4. The lowest BCUT2D eigenvalue weighted by Crippen LogP contribution is -2.60. The number of hydrogen-bond donors (Lipinski definition) is 5. The number of amides is 1. The van der Waals surface area contributed by atoms with Gasteiger partial charge in [-0.1, -0.05) is 104 Å². The Labute approximate surface area is 473 Å². The van der Waals surface area contributed by atoms with E-state index in [-0.39, 0.29) is 50.3 Å².